The van der Waals surface area contributed by atoms with Crippen LogP contribution in [0.5, 0.6) is 5.75 Å². The normalized spacial score (nSPS) is 10.4. The molecule has 3 rings (SSSR count). The molecule has 3 aromatic rings. The van der Waals surface area contributed by atoms with Gasteiger partial charge in [0.05, 0.1) is 6.54 Å². The zero-order valence-corrected chi connectivity index (χ0v) is 14.5. The number of benzene rings is 3. The third-order valence-corrected chi connectivity index (χ3v) is 3.98. The molecule has 0 saturated carbocycles. The van der Waals surface area contributed by atoms with Gasteiger partial charge in [-0.25, -0.2) is 0 Å². The molecular weight excluding hydrogens is 340 g/mol. The van der Waals surface area contributed by atoms with E-state index in [1.54, 1.807) is 0 Å². The minimum absolute atomic E-state index is 0.529. The van der Waals surface area contributed by atoms with Crippen molar-refractivity contribution in [3.63, 3.8) is 0 Å². The molecular formula is C19H17ClN2OS. The van der Waals surface area contributed by atoms with E-state index in [1.165, 1.54) is 10.8 Å². The van der Waals surface area contributed by atoms with Crippen molar-refractivity contribution in [2.45, 2.75) is 0 Å². The van der Waals surface area contributed by atoms with Gasteiger partial charge in [-0.2, -0.15) is 0 Å². The Labute approximate surface area is 151 Å². The summed E-state index contributed by atoms with van der Waals surface area (Å²) in [4.78, 5) is 0. The Morgan fingerprint density at radius 1 is 0.958 bits per heavy atom. The molecule has 122 valence electrons. The molecule has 0 amide bonds. The van der Waals surface area contributed by atoms with E-state index in [0.29, 0.717) is 23.3 Å². The Morgan fingerprint density at radius 3 is 2.50 bits per heavy atom. The van der Waals surface area contributed by atoms with Gasteiger partial charge in [0.1, 0.15) is 12.4 Å². The molecule has 0 aromatic heterocycles. The number of nitrogens with one attached hydrogen (secondary N) is 2. The number of hydrogen-bond donors (Lipinski definition) is 2. The second-order valence-corrected chi connectivity index (χ2v) is 6.09. The number of fused-ring (bicyclic) bond motifs is 1. The number of rotatable bonds is 5. The van der Waals surface area contributed by atoms with Crippen molar-refractivity contribution in [3.05, 3.63) is 71.8 Å². The second kappa shape index (κ2) is 7.99. The van der Waals surface area contributed by atoms with Crippen LogP contribution in [0.4, 0.5) is 5.69 Å². The predicted octanol–water partition coefficient (Wildman–Crippen LogP) is 4.86. The van der Waals surface area contributed by atoms with Crippen molar-refractivity contribution < 1.29 is 4.74 Å². The number of thiocarbonyl (C=S) groups is 1. The molecule has 2 N–H and O–H groups in total. The molecule has 5 heteroatoms. The standard InChI is InChI=1S/C19H17ClN2OS/c20-16-6-8-17(9-7-16)22-19(24)21-11-12-23-18-10-5-14-3-1-2-4-15(14)13-18/h1-10,13H,11-12H2,(H2,21,22,24). The van der Waals surface area contributed by atoms with E-state index >= 15 is 0 Å². The molecule has 0 atom stereocenters. The van der Waals surface area contributed by atoms with E-state index in [2.05, 4.69) is 28.8 Å². The monoisotopic (exact) mass is 356 g/mol. The van der Waals surface area contributed by atoms with Crippen molar-refractivity contribution in [3.8, 4) is 5.75 Å². The van der Waals surface area contributed by atoms with Crippen LogP contribution < -0.4 is 15.4 Å². The lowest BCUT2D eigenvalue weighted by molar-refractivity contribution is 0.323. The van der Waals surface area contributed by atoms with Crippen molar-refractivity contribution in [1.82, 2.24) is 5.32 Å². The third-order valence-electron chi connectivity index (χ3n) is 3.48. The van der Waals surface area contributed by atoms with Crippen LogP contribution in [0.15, 0.2) is 66.7 Å². The van der Waals surface area contributed by atoms with Crippen LogP contribution in [0.3, 0.4) is 0 Å². The first-order chi connectivity index (χ1) is 11.7. The Balaban J connectivity index is 1.44. The zero-order valence-electron chi connectivity index (χ0n) is 13.0. The second-order valence-electron chi connectivity index (χ2n) is 5.25. The highest BCUT2D eigenvalue weighted by Crippen LogP contribution is 2.20. The average molecular weight is 357 g/mol. The minimum atomic E-state index is 0.529. The van der Waals surface area contributed by atoms with Crippen LogP contribution in [0, 0.1) is 0 Å². The molecule has 3 nitrogen and oxygen atoms in total. The summed E-state index contributed by atoms with van der Waals surface area (Å²) in [7, 11) is 0. The van der Waals surface area contributed by atoms with E-state index in [9.17, 15) is 0 Å². The summed E-state index contributed by atoms with van der Waals surface area (Å²) in [6.07, 6.45) is 0. The molecule has 0 aliphatic rings. The zero-order chi connectivity index (χ0) is 16.8. The molecule has 0 aliphatic carbocycles. The fourth-order valence-electron chi connectivity index (χ4n) is 2.30. The van der Waals surface area contributed by atoms with Crippen LogP contribution in [0.25, 0.3) is 10.8 Å². The van der Waals surface area contributed by atoms with Crippen molar-refractivity contribution >= 4 is 45.4 Å². The molecule has 0 bridgehead atoms. The molecule has 0 saturated heterocycles. The number of halogens is 1. The maximum Gasteiger partial charge on any atom is 0.170 e. The average Bonchev–Trinajstić information content (AvgIpc) is 2.60. The first-order valence-electron chi connectivity index (χ1n) is 7.63. The molecule has 0 radical (unpaired) electrons. The number of hydrogen-bond acceptors (Lipinski definition) is 2. The van der Waals surface area contributed by atoms with E-state index in [4.69, 9.17) is 28.6 Å². The summed E-state index contributed by atoms with van der Waals surface area (Å²) in [5.74, 6) is 0.854. The SMILES string of the molecule is S=C(NCCOc1ccc2ccccc2c1)Nc1ccc(Cl)cc1. The summed E-state index contributed by atoms with van der Waals surface area (Å²) in [6.45, 7) is 1.15. The van der Waals surface area contributed by atoms with Crippen molar-refractivity contribution in [1.29, 1.82) is 0 Å². The molecule has 0 unspecified atom stereocenters. The lowest BCUT2D eigenvalue weighted by Gasteiger charge is -2.11. The fraction of sp³-hybridized carbons (Fsp3) is 0.105. The molecule has 0 fully saturated rings. The van der Waals surface area contributed by atoms with Crippen molar-refractivity contribution in [2.24, 2.45) is 0 Å². The molecule has 24 heavy (non-hydrogen) atoms. The third kappa shape index (κ3) is 4.60. The van der Waals surface area contributed by atoms with Gasteiger partial charge < -0.3 is 15.4 Å². The van der Waals surface area contributed by atoms with E-state index in [-0.39, 0.29) is 0 Å². The molecule has 0 aliphatic heterocycles. The van der Waals surface area contributed by atoms with Gasteiger partial charge in [-0.3, -0.25) is 0 Å². The van der Waals surface area contributed by atoms with Gasteiger partial charge >= 0.3 is 0 Å². The molecule has 3 aromatic carbocycles. The summed E-state index contributed by atoms with van der Waals surface area (Å²) in [5, 5.41) is 9.84. The van der Waals surface area contributed by atoms with Gasteiger partial charge in [-0.05, 0) is 59.4 Å². The Hall–Kier alpha value is -2.30. The summed E-state index contributed by atoms with van der Waals surface area (Å²) in [6, 6.07) is 21.7. The Kier molecular flexibility index (Phi) is 5.51. The largest absolute Gasteiger partial charge is 0.492 e. The van der Waals surface area contributed by atoms with Gasteiger partial charge in [0.25, 0.3) is 0 Å². The summed E-state index contributed by atoms with van der Waals surface area (Å²) >= 11 is 11.1. The van der Waals surface area contributed by atoms with Gasteiger partial charge in [-0.1, -0.05) is 41.9 Å². The molecule has 0 heterocycles. The first kappa shape index (κ1) is 16.6. The highest BCUT2D eigenvalue weighted by molar-refractivity contribution is 7.80. The van der Waals surface area contributed by atoms with Crippen LogP contribution in [-0.4, -0.2) is 18.3 Å². The van der Waals surface area contributed by atoms with Gasteiger partial charge in [0, 0.05) is 10.7 Å². The van der Waals surface area contributed by atoms with Gasteiger partial charge in [0.15, 0.2) is 5.11 Å². The van der Waals surface area contributed by atoms with Crippen LogP contribution >= 0.6 is 23.8 Å². The predicted molar refractivity (Wildman–Crippen MR) is 105 cm³/mol. The topological polar surface area (TPSA) is 33.3 Å². The summed E-state index contributed by atoms with van der Waals surface area (Å²) in [5.41, 5.74) is 0.896. The maximum atomic E-state index is 5.85. The smallest absolute Gasteiger partial charge is 0.170 e. The maximum absolute atomic E-state index is 5.85. The summed E-state index contributed by atoms with van der Waals surface area (Å²) < 4.78 is 5.76. The van der Waals surface area contributed by atoms with Crippen molar-refractivity contribution in [2.75, 3.05) is 18.5 Å². The Bertz CT molecular complexity index is 836. The first-order valence-corrected chi connectivity index (χ1v) is 8.41. The lowest BCUT2D eigenvalue weighted by Crippen LogP contribution is -2.31. The van der Waals surface area contributed by atoms with E-state index in [0.717, 1.165) is 11.4 Å². The molecule has 0 spiro atoms. The highest BCUT2D eigenvalue weighted by Gasteiger charge is 1.99. The van der Waals surface area contributed by atoms with Gasteiger partial charge in [0.2, 0.25) is 0 Å². The van der Waals surface area contributed by atoms with Gasteiger partial charge in [-0.15, -0.1) is 0 Å². The number of anilines is 1. The minimum Gasteiger partial charge on any atom is -0.492 e. The van der Waals surface area contributed by atoms with E-state index < -0.39 is 0 Å². The Morgan fingerprint density at radius 2 is 1.71 bits per heavy atom. The highest BCUT2D eigenvalue weighted by atomic mass is 35.5. The fourth-order valence-corrected chi connectivity index (χ4v) is 2.65. The van der Waals surface area contributed by atoms with Crippen LogP contribution in [-0.2, 0) is 0 Å². The number of ether oxygens (including phenoxy) is 1. The van der Waals surface area contributed by atoms with Crippen LogP contribution in [0.2, 0.25) is 5.02 Å². The lowest BCUT2D eigenvalue weighted by atomic mass is 10.1. The van der Waals surface area contributed by atoms with Crippen LogP contribution in [0.1, 0.15) is 0 Å². The quantitative estimate of drug-likeness (QED) is 0.505. The van der Waals surface area contributed by atoms with E-state index in [1.807, 2.05) is 48.5 Å².